The lowest BCUT2D eigenvalue weighted by Crippen LogP contribution is -2.27. The summed E-state index contributed by atoms with van der Waals surface area (Å²) in [6, 6.07) is 14.2. The minimum Gasteiger partial charge on any atom is -0.323 e. The highest BCUT2D eigenvalue weighted by atomic mass is 32.2. The lowest BCUT2D eigenvalue weighted by atomic mass is 10.1. The maximum absolute atomic E-state index is 12.9. The molecule has 0 fully saturated rings. The highest BCUT2D eigenvalue weighted by Crippen LogP contribution is 2.35. The molecular formula is C17H19NOS. The van der Waals surface area contributed by atoms with Crippen LogP contribution >= 0.6 is 0 Å². The number of fused-ring (bicyclic) bond motifs is 1. The molecule has 0 amide bonds. The Kier molecular flexibility index (Phi) is 3.48. The smallest absolute Gasteiger partial charge is 0.0628 e. The molecule has 0 aliphatic heterocycles. The number of rotatable bonds is 2. The molecule has 2 nitrogen and oxygen atoms in total. The first-order valence-electron chi connectivity index (χ1n) is 6.89. The van der Waals surface area contributed by atoms with Crippen LogP contribution in [-0.4, -0.2) is 9.46 Å². The first kappa shape index (κ1) is 13.5. The van der Waals surface area contributed by atoms with Gasteiger partial charge in [0.2, 0.25) is 0 Å². The van der Waals surface area contributed by atoms with E-state index in [0.29, 0.717) is 0 Å². The van der Waals surface area contributed by atoms with Crippen LogP contribution in [0, 0.1) is 13.8 Å². The third-order valence-corrected chi connectivity index (χ3v) is 5.95. The Morgan fingerprint density at radius 3 is 2.65 bits per heavy atom. The molecule has 20 heavy (non-hydrogen) atoms. The molecular weight excluding hydrogens is 266 g/mol. The summed E-state index contributed by atoms with van der Waals surface area (Å²) >= 11 is 0. The van der Waals surface area contributed by atoms with Gasteiger partial charge in [0.1, 0.15) is 0 Å². The van der Waals surface area contributed by atoms with Gasteiger partial charge < -0.3 is 5.73 Å². The Labute approximate surface area is 122 Å². The van der Waals surface area contributed by atoms with Gasteiger partial charge in [0.25, 0.3) is 0 Å². The molecule has 0 spiro atoms. The van der Waals surface area contributed by atoms with Crippen LogP contribution in [-0.2, 0) is 17.2 Å². The van der Waals surface area contributed by atoms with Gasteiger partial charge in [-0.05, 0) is 48.6 Å². The molecule has 1 aliphatic rings. The Balaban J connectivity index is 1.95. The third kappa shape index (κ3) is 2.21. The van der Waals surface area contributed by atoms with Crippen LogP contribution in [0.4, 0.5) is 0 Å². The molecule has 1 aliphatic carbocycles. The Morgan fingerprint density at radius 1 is 1.15 bits per heavy atom. The normalized spacial score (nSPS) is 22.6. The number of hydrogen-bond donors (Lipinski definition) is 1. The van der Waals surface area contributed by atoms with E-state index in [1.807, 2.05) is 38.1 Å². The number of hydrogen-bond acceptors (Lipinski definition) is 2. The molecule has 0 saturated carbocycles. The van der Waals surface area contributed by atoms with Crippen molar-refractivity contribution >= 4 is 10.8 Å². The number of aryl methyl sites for hydroxylation is 2. The summed E-state index contributed by atoms with van der Waals surface area (Å²) in [7, 11) is -1.06. The predicted molar refractivity (Wildman–Crippen MR) is 83.2 cm³/mol. The molecule has 3 heteroatoms. The fraction of sp³-hybridized carbons (Fsp3) is 0.294. The average molecular weight is 285 g/mol. The van der Waals surface area contributed by atoms with E-state index in [4.69, 9.17) is 5.73 Å². The predicted octanol–water partition coefficient (Wildman–Crippen LogP) is 3.04. The van der Waals surface area contributed by atoms with Crippen molar-refractivity contribution < 1.29 is 4.21 Å². The zero-order valence-corrected chi connectivity index (χ0v) is 12.6. The standard InChI is InChI=1S/C17H19NOS/c1-11-7-8-12(2)15(9-11)20(19)16-10-13-5-3-4-6-14(13)17(16)18/h3-9,16-17H,10,18H2,1-2H3. The van der Waals surface area contributed by atoms with Crippen molar-refractivity contribution in [3.63, 3.8) is 0 Å². The van der Waals surface area contributed by atoms with Crippen LogP contribution in [0.5, 0.6) is 0 Å². The monoisotopic (exact) mass is 285 g/mol. The quantitative estimate of drug-likeness (QED) is 0.921. The van der Waals surface area contributed by atoms with Crippen LogP contribution in [0.1, 0.15) is 28.3 Å². The zero-order valence-electron chi connectivity index (χ0n) is 11.8. The van der Waals surface area contributed by atoms with E-state index in [-0.39, 0.29) is 11.3 Å². The lowest BCUT2D eigenvalue weighted by molar-refractivity contribution is 0.646. The van der Waals surface area contributed by atoms with E-state index in [2.05, 4.69) is 18.2 Å². The minimum absolute atomic E-state index is 0.0205. The zero-order chi connectivity index (χ0) is 14.3. The van der Waals surface area contributed by atoms with E-state index in [0.717, 1.165) is 28.0 Å². The van der Waals surface area contributed by atoms with Crippen molar-refractivity contribution in [2.45, 2.75) is 36.5 Å². The molecule has 2 N–H and O–H groups in total. The molecule has 104 valence electrons. The summed E-state index contributed by atoms with van der Waals surface area (Å²) in [5.41, 5.74) is 10.9. The topological polar surface area (TPSA) is 43.1 Å². The van der Waals surface area contributed by atoms with Crippen molar-refractivity contribution in [2.24, 2.45) is 5.73 Å². The van der Waals surface area contributed by atoms with Crippen LogP contribution in [0.15, 0.2) is 47.4 Å². The highest BCUT2D eigenvalue weighted by molar-refractivity contribution is 7.85. The summed E-state index contributed by atoms with van der Waals surface area (Å²) in [6.45, 7) is 4.05. The van der Waals surface area contributed by atoms with Crippen molar-refractivity contribution in [1.29, 1.82) is 0 Å². The van der Waals surface area contributed by atoms with Crippen LogP contribution in [0.3, 0.4) is 0 Å². The van der Waals surface area contributed by atoms with Crippen LogP contribution in [0.2, 0.25) is 0 Å². The Morgan fingerprint density at radius 2 is 1.90 bits per heavy atom. The lowest BCUT2D eigenvalue weighted by Gasteiger charge is -2.17. The fourth-order valence-electron chi connectivity index (χ4n) is 2.89. The molecule has 2 aromatic rings. The van der Waals surface area contributed by atoms with Crippen LogP contribution in [0.25, 0.3) is 0 Å². The molecule has 3 atom stereocenters. The van der Waals surface area contributed by atoms with Gasteiger partial charge in [0, 0.05) is 10.9 Å². The Hall–Kier alpha value is -1.45. The van der Waals surface area contributed by atoms with Gasteiger partial charge in [-0.3, -0.25) is 4.21 Å². The van der Waals surface area contributed by atoms with Gasteiger partial charge in [0.15, 0.2) is 0 Å². The highest BCUT2D eigenvalue weighted by Gasteiger charge is 2.34. The second-order valence-corrected chi connectivity index (χ2v) is 7.17. The molecule has 0 radical (unpaired) electrons. The first-order valence-corrected chi connectivity index (χ1v) is 8.10. The van der Waals surface area contributed by atoms with Gasteiger partial charge in [0.05, 0.1) is 16.0 Å². The number of nitrogens with two attached hydrogens (primary N) is 1. The van der Waals surface area contributed by atoms with Crippen LogP contribution < -0.4 is 5.73 Å². The third-order valence-electron chi connectivity index (χ3n) is 4.07. The van der Waals surface area contributed by atoms with Gasteiger partial charge in [-0.2, -0.15) is 0 Å². The van der Waals surface area contributed by atoms with Crippen molar-refractivity contribution in [3.05, 3.63) is 64.7 Å². The molecule has 3 rings (SSSR count). The first-order chi connectivity index (χ1) is 9.58. The molecule has 2 aromatic carbocycles. The summed E-state index contributed by atoms with van der Waals surface area (Å²) in [5, 5.41) is -0.0205. The molecule has 0 heterocycles. The van der Waals surface area contributed by atoms with Crippen molar-refractivity contribution in [1.82, 2.24) is 0 Å². The van der Waals surface area contributed by atoms with Gasteiger partial charge in [-0.1, -0.05) is 36.4 Å². The summed E-state index contributed by atoms with van der Waals surface area (Å²) in [5.74, 6) is 0. The maximum atomic E-state index is 12.9. The Bertz CT molecular complexity index is 680. The summed E-state index contributed by atoms with van der Waals surface area (Å²) in [4.78, 5) is 0.929. The van der Waals surface area contributed by atoms with E-state index in [1.165, 1.54) is 5.56 Å². The molecule has 3 unspecified atom stereocenters. The van der Waals surface area contributed by atoms with Crippen molar-refractivity contribution in [3.8, 4) is 0 Å². The molecule has 0 aromatic heterocycles. The van der Waals surface area contributed by atoms with Gasteiger partial charge in [-0.25, -0.2) is 0 Å². The largest absolute Gasteiger partial charge is 0.323 e. The second kappa shape index (κ2) is 5.15. The van der Waals surface area contributed by atoms with E-state index in [1.54, 1.807) is 0 Å². The van der Waals surface area contributed by atoms with Gasteiger partial charge >= 0.3 is 0 Å². The second-order valence-electron chi connectivity index (χ2n) is 5.53. The SMILES string of the molecule is Cc1ccc(C)c(S(=O)C2Cc3ccccc3C2N)c1. The van der Waals surface area contributed by atoms with Gasteiger partial charge in [-0.15, -0.1) is 0 Å². The molecule has 0 bridgehead atoms. The van der Waals surface area contributed by atoms with E-state index < -0.39 is 10.8 Å². The molecule has 0 saturated heterocycles. The van der Waals surface area contributed by atoms with E-state index >= 15 is 0 Å². The van der Waals surface area contributed by atoms with E-state index in [9.17, 15) is 4.21 Å². The summed E-state index contributed by atoms with van der Waals surface area (Å²) in [6.07, 6.45) is 0.803. The number of benzene rings is 2. The fourth-order valence-corrected chi connectivity index (χ4v) is 4.64. The minimum atomic E-state index is -1.06. The average Bonchev–Trinajstić information content (AvgIpc) is 2.79. The maximum Gasteiger partial charge on any atom is 0.0628 e. The van der Waals surface area contributed by atoms with Crippen molar-refractivity contribution in [2.75, 3.05) is 0 Å². The summed E-state index contributed by atoms with van der Waals surface area (Å²) < 4.78 is 12.9.